The summed E-state index contributed by atoms with van der Waals surface area (Å²) in [5.74, 6) is 6.92. The minimum atomic E-state index is 0.402. The van der Waals surface area contributed by atoms with Crippen LogP contribution in [0.4, 0.5) is 11.8 Å². The standard InChI is InChI=1S/C8H14BrN5/c1-5(2)3-11-7-6(9)4-12-8(13-7)14-10/h4-5H,3,10H2,1-2H3,(H2,11,12,13,14). The monoisotopic (exact) mass is 259 g/mol. The number of rotatable bonds is 4. The van der Waals surface area contributed by atoms with Gasteiger partial charge in [0.05, 0.1) is 4.47 Å². The Bertz CT molecular complexity index is 302. The van der Waals surface area contributed by atoms with E-state index in [0.29, 0.717) is 11.9 Å². The largest absolute Gasteiger partial charge is 0.369 e. The molecule has 0 bridgehead atoms. The van der Waals surface area contributed by atoms with Crippen molar-refractivity contribution in [1.29, 1.82) is 0 Å². The van der Waals surface area contributed by atoms with E-state index in [1.807, 2.05) is 0 Å². The van der Waals surface area contributed by atoms with E-state index in [0.717, 1.165) is 16.8 Å². The number of nitrogens with zero attached hydrogens (tertiary/aromatic N) is 2. The summed E-state index contributed by atoms with van der Waals surface area (Å²) in [7, 11) is 0. The number of nitrogen functional groups attached to an aromatic ring is 1. The van der Waals surface area contributed by atoms with Gasteiger partial charge in [-0.25, -0.2) is 10.8 Å². The Morgan fingerprint density at radius 1 is 1.57 bits per heavy atom. The van der Waals surface area contributed by atoms with Gasteiger partial charge >= 0.3 is 0 Å². The van der Waals surface area contributed by atoms with Crippen molar-refractivity contribution in [3.8, 4) is 0 Å². The van der Waals surface area contributed by atoms with Crippen molar-refractivity contribution >= 4 is 27.7 Å². The number of halogens is 1. The molecule has 0 saturated carbocycles. The molecular weight excluding hydrogens is 246 g/mol. The van der Waals surface area contributed by atoms with Crippen molar-refractivity contribution in [3.63, 3.8) is 0 Å². The Morgan fingerprint density at radius 3 is 2.86 bits per heavy atom. The van der Waals surface area contributed by atoms with E-state index in [9.17, 15) is 0 Å². The fourth-order valence-corrected chi connectivity index (χ4v) is 1.19. The minimum absolute atomic E-state index is 0.402. The summed E-state index contributed by atoms with van der Waals surface area (Å²) in [5.41, 5.74) is 2.40. The van der Waals surface area contributed by atoms with Gasteiger partial charge in [-0.15, -0.1) is 0 Å². The van der Waals surface area contributed by atoms with Gasteiger partial charge in [-0.2, -0.15) is 4.98 Å². The maximum absolute atomic E-state index is 5.21. The van der Waals surface area contributed by atoms with Crippen LogP contribution in [0.2, 0.25) is 0 Å². The first-order valence-electron chi connectivity index (χ1n) is 4.36. The van der Waals surface area contributed by atoms with Crippen LogP contribution in [0, 0.1) is 5.92 Å². The molecule has 6 heteroatoms. The lowest BCUT2D eigenvalue weighted by Gasteiger charge is -2.10. The summed E-state index contributed by atoms with van der Waals surface area (Å²) in [6.45, 7) is 5.12. The lowest BCUT2D eigenvalue weighted by atomic mass is 10.2. The van der Waals surface area contributed by atoms with E-state index in [4.69, 9.17) is 5.84 Å². The molecule has 0 radical (unpaired) electrons. The maximum atomic E-state index is 5.21. The van der Waals surface area contributed by atoms with E-state index < -0.39 is 0 Å². The lowest BCUT2D eigenvalue weighted by Crippen LogP contribution is -2.14. The van der Waals surface area contributed by atoms with Crippen LogP contribution in [-0.4, -0.2) is 16.5 Å². The second-order valence-corrected chi connectivity index (χ2v) is 4.16. The van der Waals surface area contributed by atoms with Gasteiger partial charge in [0.25, 0.3) is 0 Å². The quantitative estimate of drug-likeness (QED) is 0.566. The molecule has 0 spiro atoms. The number of hydrogen-bond donors (Lipinski definition) is 3. The summed E-state index contributed by atoms with van der Waals surface area (Å²) < 4.78 is 0.831. The number of nitrogens with one attached hydrogen (secondary N) is 2. The Hall–Kier alpha value is -0.880. The van der Waals surface area contributed by atoms with Gasteiger partial charge in [-0.05, 0) is 21.8 Å². The van der Waals surface area contributed by atoms with Gasteiger partial charge in [-0.3, -0.25) is 5.43 Å². The molecule has 0 amide bonds. The Kier molecular flexibility index (Phi) is 4.09. The van der Waals surface area contributed by atoms with Crippen molar-refractivity contribution in [2.75, 3.05) is 17.3 Å². The summed E-state index contributed by atoms with van der Waals surface area (Å²) in [6, 6.07) is 0. The van der Waals surface area contributed by atoms with Crippen molar-refractivity contribution in [1.82, 2.24) is 9.97 Å². The zero-order valence-corrected chi connectivity index (χ0v) is 9.80. The van der Waals surface area contributed by atoms with Crippen LogP contribution in [0.1, 0.15) is 13.8 Å². The first-order valence-corrected chi connectivity index (χ1v) is 5.15. The van der Waals surface area contributed by atoms with E-state index >= 15 is 0 Å². The molecule has 78 valence electrons. The zero-order valence-electron chi connectivity index (χ0n) is 8.21. The molecular formula is C8H14BrN5. The third kappa shape index (κ3) is 3.12. The summed E-state index contributed by atoms with van der Waals surface area (Å²) in [6.07, 6.45) is 1.66. The molecule has 0 saturated heterocycles. The molecule has 0 aliphatic rings. The van der Waals surface area contributed by atoms with Crippen LogP contribution >= 0.6 is 15.9 Å². The third-order valence-electron chi connectivity index (χ3n) is 1.55. The molecule has 1 aromatic rings. The predicted molar refractivity (Wildman–Crippen MR) is 60.9 cm³/mol. The van der Waals surface area contributed by atoms with Crippen molar-refractivity contribution in [3.05, 3.63) is 10.7 Å². The highest BCUT2D eigenvalue weighted by molar-refractivity contribution is 9.10. The highest BCUT2D eigenvalue weighted by atomic mass is 79.9. The summed E-state index contributed by atoms with van der Waals surface area (Å²) in [4.78, 5) is 8.11. The van der Waals surface area contributed by atoms with Gasteiger partial charge in [0.15, 0.2) is 0 Å². The molecule has 0 aliphatic heterocycles. The topological polar surface area (TPSA) is 75.9 Å². The molecule has 1 aromatic heterocycles. The van der Waals surface area contributed by atoms with Gasteiger partial charge < -0.3 is 5.32 Å². The normalized spacial score (nSPS) is 10.4. The molecule has 0 unspecified atom stereocenters. The molecule has 14 heavy (non-hydrogen) atoms. The number of hydrazine groups is 1. The van der Waals surface area contributed by atoms with E-state index in [2.05, 4.69) is 50.5 Å². The van der Waals surface area contributed by atoms with Gasteiger partial charge in [0, 0.05) is 12.7 Å². The van der Waals surface area contributed by atoms with Gasteiger partial charge in [0.1, 0.15) is 5.82 Å². The molecule has 1 heterocycles. The molecule has 5 nitrogen and oxygen atoms in total. The van der Waals surface area contributed by atoms with E-state index in [-0.39, 0.29) is 0 Å². The minimum Gasteiger partial charge on any atom is -0.369 e. The average Bonchev–Trinajstić information content (AvgIpc) is 2.16. The SMILES string of the molecule is CC(C)CNc1nc(NN)ncc1Br. The van der Waals surface area contributed by atoms with Gasteiger partial charge in [-0.1, -0.05) is 13.8 Å². The molecule has 0 aliphatic carbocycles. The van der Waals surface area contributed by atoms with Crippen LogP contribution in [0.3, 0.4) is 0 Å². The molecule has 4 N–H and O–H groups in total. The van der Waals surface area contributed by atoms with E-state index in [1.54, 1.807) is 6.20 Å². The van der Waals surface area contributed by atoms with Crippen molar-refractivity contribution < 1.29 is 0 Å². The van der Waals surface area contributed by atoms with Gasteiger partial charge in [0.2, 0.25) is 5.95 Å². The number of hydrogen-bond acceptors (Lipinski definition) is 5. The number of nitrogens with two attached hydrogens (primary N) is 1. The highest BCUT2D eigenvalue weighted by Gasteiger charge is 2.04. The first kappa shape index (κ1) is 11.2. The third-order valence-corrected chi connectivity index (χ3v) is 2.13. The lowest BCUT2D eigenvalue weighted by molar-refractivity contribution is 0.686. The maximum Gasteiger partial charge on any atom is 0.239 e. The Balaban J connectivity index is 2.73. The fraction of sp³-hybridized carbons (Fsp3) is 0.500. The molecule has 0 fully saturated rings. The van der Waals surface area contributed by atoms with Crippen molar-refractivity contribution in [2.45, 2.75) is 13.8 Å². The van der Waals surface area contributed by atoms with Crippen LogP contribution in [0.15, 0.2) is 10.7 Å². The number of aromatic nitrogens is 2. The zero-order chi connectivity index (χ0) is 10.6. The van der Waals surface area contributed by atoms with Crippen LogP contribution in [0.5, 0.6) is 0 Å². The second-order valence-electron chi connectivity index (χ2n) is 3.31. The first-order chi connectivity index (χ1) is 6.63. The van der Waals surface area contributed by atoms with Crippen LogP contribution < -0.4 is 16.6 Å². The van der Waals surface area contributed by atoms with Crippen LogP contribution in [-0.2, 0) is 0 Å². The summed E-state index contributed by atoms with van der Waals surface area (Å²) in [5, 5.41) is 3.19. The number of anilines is 2. The molecule has 0 aromatic carbocycles. The molecule has 0 atom stereocenters. The Labute approximate surface area is 91.6 Å². The molecule has 1 rings (SSSR count). The van der Waals surface area contributed by atoms with Crippen LogP contribution in [0.25, 0.3) is 0 Å². The second kappa shape index (κ2) is 5.11. The smallest absolute Gasteiger partial charge is 0.239 e. The fourth-order valence-electron chi connectivity index (χ4n) is 0.861. The highest BCUT2D eigenvalue weighted by Crippen LogP contribution is 2.19. The Morgan fingerprint density at radius 2 is 2.29 bits per heavy atom. The summed E-state index contributed by atoms with van der Waals surface area (Å²) >= 11 is 3.35. The van der Waals surface area contributed by atoms with Crippen molar-refractivity contribution in [2.24, 2.45) is 11.8 Å². The predicted octanol–water partition coefficient (Wildman–Crippen LogP) is 1.59. The van der Waals surface area contributed by atoms with E-state index in [1.165, 1.54) is 0 Å². The average molecular weight is 260 g/mol.